The van der Waals surface area contributed by atoms with Crippen LogP contribution in [0, 0.1) is 0 Å². The van der Waals surface area contributed by atoms with E-state index in [0.717, 1.165) is 5.69 Å². The molecule has 1 aromatic heterocycles. The largest absolute Gasteiger partial charge is 0.299 e. The molecule has 1 aliphatic heterocycles. The van der Waals surface area contributed by atoms with E-state index < -0.39 is 11.7 Å². The highest BCUT2D eigenvalue weighted by atomic mass is 35.5. The molecule has 0 saturated carbocycles. The topological polar surface area (TPSA) is 55.2 Å². The molecule has 1 aliphatic rings. The number of anilines is 1. The molecule has 108 valence electrons. The van der Waals surface area contributed by atoms with Gasteiger partial charge in [0.25, 0.3) is 11.7 Å². The fraction of sp³-hybridized carbons (Fsp3) is 0.267. The fourth-order valence-electron chi connectivity index (χ4n) is 2.37. The highest BCUT2D eigenvalue weighted by molar-refractivity contribution is 6.55. The summed E-state index contributed by atoms with van der Waals surface area (Å²) in [4.78, 5) is 25.6. The monoisotopic (exact) mass is 303 g/mol. The summed E-state index contributed by atoms with van der Waals surface area (Å²) in [5.41, 5.74) is 1.57. The van der Waals surface area contributed by atoms with Gasteiger partial charge in [-0.15, -0.1) is 0 Å². The van der Waals surface area contributed by atoms with Crippen LogP contribution in [0.2, 0.25) is 5.02 Å². The lowest BCUT2D eigenvalue weighted by Crippen LogP contribution is -2.29. The Morgan fingerprint density at radius 1 is 1.24 bits per heavy atom. The highest BCUT2D eigenvalue weighted by Gasteiger charge is 2.37. The zero-order chi connectivity index (χ0) is 15.1. The van der Waals surface area contributed by atoms with Crippen molar-refractivity contribution in [3.8, 4) is 0 Å². The molecular weight excluding hydrogens is 290 g/mol. The van der Waals surface area contributed by atoms with Crippen LogP contribution < -0.4 is 4.90 Å². The van der Waals surface area contributed by atoms with E-state index in [-0.39, 0.29) is 18.2 Å². The van der Waals surface area contributed by atoms with Crippen molar-refractivity contribution >= 4 is 29.0 Å². The number of carbonyl (C=O) groups is 2. The molecule has 2 heterocycles. The summed E-state index contributed by atoms with van der Waals surface area (Å²) in [5.74, 6) is -1.11. The van der Waals surface area contributed by atoms with Gasteiger partial charge in [-0.3, -0.25) is 19.2 Å². The van der Waals surface area contributed by atoms with Gasteiger partial charge in [0, 0.05) is 12.2 Å². The van der Waals surface area contributed by atoms with Crippen LogP contribution in [0.25, 0.3) is 0 Å². The van der Waals surface area contributed by atoms with Gasteiger partial charge in [-0.2, -0.15) is 5.10 Å². The van der Waals surface area contributed by atoms with Crippen molar-refractivity contribution in [2.24, 2.45) is 0 Å². The number of nitrogens with zero attached hydrogens (tertiary/aromatic N) is 3. The molecule has 1 aromatic carbocycles. The van der Waals surface area contributed by atoms with Crippen LogP contribution in [-0.4, -0.2) is 21.5 Å². The molecule has 6 heteroatoms. The van der Waals surface area contributed by atoms with E-state index in [1.807, 2.05) is 30.8 Å². The van der Waals surface area contributed by atoms with E-state index >= 15 is 0 Å². The molecular formula is C15H14ClN3O2. The van der Waals surface area contributed by atoms with Crippen LogP contribution >= 0.6 is 11.6 Å². The number of halogens is 1. The van der Waals surface area contributed by atoms with Gasteiger partial charge in [0.2, 0.25) is 0 Å². The summed E-state index contributed by atoms with van der Waals surface area (Å²) in [6.07, 6.45) is 1.86. The highest BCUT2D eigenvalue weighted by Crippen LogP contribution is 2.34. The van der Waals surface area contributed by atoms with Gasteiger partial charge in [-0.1, -0.05) is 17.7 Å². The Kier molecular flexibility index (Phi) is 3.29. The lowest BCUT2D eigenvalue weighted by Gasteiger charge is -2.15. The summed E-state index contributed by atoms with van der Waals surface area (Å²) in [6, 6.07) is 7.16. The number of rotatable bonds is 3. The molecule has 2 aromatic rings. The quantitative estimate of drug-likeness (QED) is 0.819. The molecule has 21 heavy (non-hydrogen) atoms. The third-order valence-electron chi connectivity index (χ3n) is 3.46. The van der Waals surface area contributed by atoms with Crippen LogP contribution in [-0.2, 0) is 11.3 Å². The SMILES string of the molecule is CC(C)n1ccc(CN2C(=O)C(=O)c3c(Cl)cccc32)n1. The van der Waals surface area contributed by atoms with Crippen molar-refractivity contribution in [2.45, 2.75) is 26.4 Å². The number of carbonyl (C=O) groups excluding carboxylic acids is 2. The second kappa shape index (κ2) is 5.00. The summed E-state index contributed by atoms with van der Waals surface area (Å²) < 4.78 is 1.82. The van der Waals surface area contributed by atoms with Gasteiger partial charge in [-0.05, 0) is 32.0 Å². The second-order valence-electron chi connectivity index (χ2n) is 5.24. The Balaban J connectivity index is 1.95. The molecule has 1 amide bonds. The minimum atomic E-state index is -0.558. The smallest absolute Gasteiger partial charge is 0.299 e. The normalized spacial score (nSPS) is 14.2. The average molecular weight is 304 g/mol. The van der Waals surface area contributed by atoms with Crippen molar-refractivity contribution < 1.29 is 9.59 Å². The molecule has 0 saturated heterocycles. The van der Waals surface area contributed by atoms with Crippen molar-refractivity contribution in [3.05, 3.63) is 46.7 Å². The predicted octanol–water partition coefficient (Wildman–Crippen LogP) is 2.85. The van der Waals surface area contributed by atoms with Crippen molar-refractivity contribution in [3.63, 3.8) is 0 Å². The third-order valence-corrected chi connectivity index (χ3v) is 3.78. The molecule has 0 bridgehead atoms. The number of Topliss-reactive ketones (excluding diaryl/α,β-unsaturated/α-hetero) is 1. The molecule has 0 fully saturated rings. The number of fused-ring (bicyclic) bond motifs is 1. The maximum atomic E-state index is 12.1. The zero-order valence-electron chi connectivity index (χ0n) is 11.7. The molecule has 5 nitrogen and oxygen atoms in total. The molecule has 0 aliphatic carbocycles. The maximum Gasteiger partial charge on any atom is 0.299 e. The van der Waals surface area contributed by atoms with Gasteiger partial charge in [0.1, 0.15) is 0 Å². The van der Waals surface area contributed by atoms with Crippen LogP contribution in [0.5, 0.6) is 0 Å². The molecule has 3 rings (SSSR count). The average Bonchev–Trinajstić information content (AvgIpc) is 3.00. The van der Waals surface area contributed by atoms with Gasteiger partial charge < -0.3 is 0 Å². The molecule has 0 radical (unpaired) electrons. The maximum absolute atomic E-state index is 12.1. The summed E-state index contributed by atoms with van der Waals surface area (Å²) in [5, 5.41) is 4.71. The van der Waals surface area contributed by atoms with E-state index in [1.165, 1.54) is 4.90 Å². The Bertz CT molecular complexity index is 736. The van der Waals surface area contributed by atoms with E-state index in [1.54, 1.807) is 18.2 Å². The Morgan fingerprint density at radius 3 is 2.67 bits per heavy atom. The van der Waals surface area contributed by atoms with Crippen LogP contribution in [0.1, 0.15) is 35.9 Å². The van der Waals surface area contributed by atoms with E-state index in [0.29, 0.717) is 10.7 Å². The van der Waals surface area contributed by atoms with E-state index in [2.05, 4.69) is 5.10 Å². The Morgan fingerprint density at radius 2 is 2.00 bits per heavy atom. The van der Waals surface area contributed by atoms with Gasteiger partial charge >= 0.3 is 0 Å². The first-order chi connectivity index (χ1) is 9.99. The number of aromatic nitrogens is 2. The van der Waals surface area contributed by atoms with Crippen molar-refractivity contribution in [1.29, 1.82) is 0 Å². The molecule has 0 atom stereocenters. The lowest BCUT2D eigenvalue weighted by molar-refractivity contribution is -0.114. The molecule has 0 N–H and O–H groups in total. The zero-order valence-corrected chi connectivity index (χ0v) is 12.5. The van der Waals surface area contributed by atoms with Gasteiger partial charge in [0.05, 0.1) is 28.5 Å². The van der Waals surface area contributed by atoms with Crippen molar-refractivity contribution in [1.82, 2.24) is 9.78 Å². The second-order valence-corrected chi connectivity index (χ2v) is 5.64. The van der Waals surface area contributed by atoms with E-state index in [4.69, 9.17) is 11.6 Å². The minimum absolute atomic E-state index is 0.247. The number of hydrogen-bond acceptors (Lipinski definition) is 3. The molecule has 0 spiro atoms. The first kappa shape index (κ1) is 13.8. The molecule has 0 unspecified atom stereocenters. The Labute approximate surface area is 127 Å². The van der Waals surface area contributed by atoms with Gasteiger partial charge in [0.15, 0.2) is 0 Å². The first-order valence-electron chi connectivity index (χ1n) is 6.67. The lowest BCUT2D eigenvalue weighted by atomic mass is 10.1. The van der Waals surface area contributed by atoms with Gasteiger partial charge in [-0.25, -0.2) is 0 Å². The summed E-state index contributed by atoms with van der Waals surface area (Å²) >= 11 is 6.02. The first-order valence-corrected chi connectivity index (χ1v) is 7.05. The van der Waals surface area contributed by atoms with E-state index in [9.17, 15) is 9.59 Å². The van der Waals surface area contributed by atoms with Crippen LogP contribution in [0.15, 0.2) is 30.5 Å². The fourth-order valence-corrected chi connectivity index (χ4v) is 2.63. The number of hydrogen-bond donors (Lipinski definition) is 0. The summed E-state index contributed by atoms with van der Waals surface area (Å²) in [7, 11) is 0. The minimum Gasteiger partial charge on any atom is -0.299 e. The Hall–Kier alpha value is -2.14. The third kappa shape index (κ3) is 2.23. The van der Waals surface area contributed by atoms with Crippen LogP contribution in [0.3, 0.4) is 0 Å². The predicted molar refractivity (Wildman–Crippen MR) is 79.6 cm³/mol. The van der Waals surface area contributed by atoms with Crippen LogP contribution in [0.4, 0.5) is 5.69 Å². The number of ketones is 1. The standard InChI is InChI=1S/C15H14ClN3O2/c1-9(2)19-7-6-10(17-19)8-18-12-5-3-4-11(16)13(12)14(20)15(18)21/h3-7,9H,8H2,1-2H3. The number of amides is 1. The van der Waals surface area contributed by atoms with Crippen molar-refractivity contribution in [2.75, 3.05) is 4.90 Å². The number of benzene rings is 1. The summed E-state index contributed by atoms with van der Waals surface area (Å²) in [6.45, 7) is 4.31.